The van der Waals surface area contributed by atoms with Crippen LogP contribution in [0.4, 0.5) is 0 Å². The molecule has 0 aromatic rings. The van der Waals surface area contributed by atoms with Gasteiger partial charge in [0.2, 0.25) is 0 Å². The van der Waals surface area contributed by atoms with Crippen molar-refractivity contribution in [2.45, 2.75) is 404 Å². The number of aliphatic hydroxyl groups is 3. The second kappa shape index (κ2) is 72.4. The Bertz CT molecular complexity index is 2150. The fourth-order valence-electron chi connectivity index (χ4n) is 17.6. The van der Waals surface area contributed by atoms with Crippen LogP contribution in [0.15, 0.2) is 0 Å². The molecule has 11 aliphatic carbocycles. The monoisotopic (exact) mass is 1650 g/mol. The first-order valence-corrected chi connectivity index (χ1v) is 45.7. The zero-order valence-electron chi connectivity index (χ0n) is 76.3. The van der Waals surface area contributed by atoms with Crippen LogP contribution in [0, 0.1) is 0 Å². The minimum Gasteiger partial charge on any atom is -0.460 e. The SMILES string of the molecule is CCOC1CCCC(NC)C1.CCOC1CCCCC1NC.CNC1CCC(O)C1.CNC1CCC(OC)C1.CNC1CCCC(O)C1.CNC1CCCC(OC)C1.CNC1CCCC1N.CNC1CCCC1O.CNC1CCCC1OC.CNC1CCCC1OC(=O)CN.CNC1CCCCC1OC(=O)CN.CNC1CCOC1. The maximum Gasteiger partial charge on any atom is 0.320 e. The van der Waals surface area contributed by atoms with E-state index in [1.165, 1.54) is 167 Å². The molecule has 1 saturated heterocycles. The number of likely N-dealkylation sites (N-methyl/N-ethyl adjacent to an activating group) is 7. The highest BCUT2D eigenvalue weighted by atomic mass is 16.6. The summed E-state index contributed by atoms with van der Waals surface area (Å²) in [5, 5.41) is 65.7. The van der Waals surface area contributed by atoms with Crippen molar-refractivity contribution in [1.29, 1.82) is 0 Å². The highest BCUT2D eigenvalue weighted by molar-refractivity contribution is 5.72. The lowest BCUT2D eigenvalue weighted by atomic mass is 9.92. The largest absolute Gasteiger partial charge is 0.460 e. The van der Waals surface area contributed by atoms with Crippen molar-refractivity contribution in [3.8, 4) is 0 Å². The van der Waals surface area contributed by atoms with Gasteiger partial charge in [-0.05, 0) is 323 Å². The first-order valence-electron chi connectivity index (χ1n) is 45.7. The lowest BCUT2D eigenvalue weighted by molar-refractivity contribution is -0.150. The molecule has 1 aliphatic heterocycles. The standard InChI is InChI=1S/C9H18N2O2.2C9H19NO.C8H16N2O2.C8H17NO.3C7H15NO.C6H14N2.2C6H13NO.C5H11NO/c1-11-7-4-2-3-5-8(7)13-9(12)6-10;1-3-11-9-6-4-5-8(7-9)10-2;1-3-11-9-7-5-4-6-8(9)10-2;1-10-6-3-2-4-7(6)12-8(11)5-9;1-9-7-4-3-5-8(6-7)10-2;1-8-6-3-4-7(5-6)9-2;1-8-6-4-3-5-7(6)9-2;1-8-6-3-2-4-7(9)5-6;1-8-6-4-2-3-5(6)7;1-7-5-2-3-6(8)4-5;1-7-5-3-2-4-6(5)8;1-6-5-2-3-7-4-5/h7-8,11H,2-6,10H2,1H3;2*8-10H,3-7H2,1-2H3;6-7,10H,2-5,9H2,1H3;7-9H,3-6H2,1-2H3;2*6-8H,3-5H2,1-2H3;6-9H,2-5H2,1H3;5-6,8H,2-4,7H2,1H3;2*5-8H,2-4H2,1H3;5-6H,2-4H2,1H3. The van der Waals surface area contributed by atoms with Crippen LogP contribution in [0.2, 0.25) is 0 Å². The van der Waals surface area contributed by atoms with Gasteiger partial charge in [0.1, 0.15) is 12.2 Å². The average Bonchev–Trinajstić information content (AvgIpc) is 1.82. The minimum absolute atomic E-state index is 0.0209. The van der Waals surface area contributed by atoms with Gasteiger partial charge < -0.3 is 134 Å². The van der Waals surface area contributed by atoms with Gasteiger partial charge in [0, 0.05) is 120 Å². The summed E-state index contributed by atoms with van der Waals surface area (Å²) >= 11 is 0. The number of aliphatic hydroxyl groups excluding tert-OH is 3. The molecule has 0 aromatic carbocycles. The van der Waals surface area contributed by atoms with Gasteiger partial charge in [-0.2, -0.15) is 0 Å². The quantitative estimate of drug-likeness (QED) is 0.0499. The van der Waals surface area contributed by atoms with Gasteiger partial charge >= 0.3 is 11.9 Å². The van der Waals surface area contributed by atoms with Gasteiger partial charge in [-0.15, -0.1) is 0 Å². The van der Waals surface area contributed by atoms with Crippen LogP contribution in [0.3, 0.4) is 0 Å². The van der Waals surface area contributed by atoms with E-state index in [9.17, 15) is 14.7 Å². The predicted octanol–water partition coefficient (Wildman–Crippen LogP) is 6.29. The van der Waals surface area contributed by atoms with Crippen LogP contribution in [0.1, 0.15) is 264 Å². The summed E-state index contributed by atoms with van der Waals surface area (Å²) in [6, 6.07) is 7.07. The van der Waals surface area contributed by atoms with Crippen molar-refractivity contribution in [2.24, 2.45) is 17.2 Å². The molecule has 0 amide bonds. The maximum absolute atomic E-state index is 11.0. The van der Waals surface area contributed by atoms with Crippen molar-refractivity contribution < 1.29 is 62.8 Å². The first kappa shape index (κ1) is 111. The number of rotatable bonds is 23. The average molecular weight is 1650 g/mol. The van der Waals surface area contributed by atoms with E-state index in [0.717, 1.165) is 110 Å². The van der Waals surface area contributed by atoms with Crippen molar-refractivity contribution in [3.63, 3.8) is 0 Å². The number of esters is 2. The zero-order valence-corrected chi connectivity index (χ0v) is 76.3. The molecule has 12 rings (SSSR count). The Morgan fingerprint density at radius 3 is 1.03 bits per heavy atom. The minimum atomic E-state index is -0.304. The van der Waals surface area contributed by atoms with Gasteiger partial charge in [0.15, 0.2) is 0 Å². The molecular weight excluding hydrogens is 1460 g/mol. The van der Waals surface area contributed by atoms with Crippen LogP contribution >= 0.6 is 0 Å². The number of carbonyl (C=O) groups is 2. The fourth-order valence-corrected chi connectivity index (χ4v) is 17.6. The number of nitrogens with one attached hydrogen (secondary N) is 12. The summed E-state index contributed by atoms with van der Waals surface area (Å²) in [4.78, 5) is 21.8. The fraction of sp³-hybridized carbons (Fsp3) is 0.977. The van der Waals surface area contributed by atoms with E-state index >= 15 is 0 Å². The van der Waals surface area contributed by atoms with Gasteiger partial charge in [0.25, 0.3) is 0 Å². The number of carbonyl (C=O) groups excluding carboxylic acids is 2. The van der Waals surface area contributed by atoms with Crippen LogP contribution in [0.25, 0.3) is 0 Å². The molecule has 21 N–H and O–H groups in total. The molecule has 12 aliphatic rings. The Labute approximate surface area is 701 Å². The number of hydrogen-bond acceptors (Lipinski definition) is 28. The van der Waals surface area contributed by atoms with Crippen molar-refractivity contribution in [1.82, 2.24) is 63.8 Å². The summed E-state index contributed by atoms with van der Waals surface area (Å²) in [7, 11) is 29.1. The Morgan fingerprint density at radius 1 is 0.330 bits per heavy atom. The molecule has 0 aromatic heterocycles. The van der Waals surface area contributed by atoms with Crippen molar-refractivity contribution in [3.05, 3.63) is 0 Å². The Balaban J connectivity index is 0.000000629. The lowest BCUT2D eigenvalue weighted by Gasteiger charge is -2.30. The number of methoxy groups -OCH3 is 3. The lowest BCUT2D eigenvalue weighted by Crippen LogP contribution is -2.43. The molecule has 0 spiro atoms. The molecule has 23 unspecified atom stereocenters. The first-order chi connectivity index (χ1) is 55.7. The van der Waals surface area contributed by atoms with Gasteiger partial charge in [-0.25, -0.2) is 0 Å². The summed E-state index contributed by atoms with van der Waals surface area (Å²) in [5.41, 5.74) is 16.1. The van der Waals surface area contributed by atoms with E-state index in [4.69, 9.17) is 65.3 Å². The normalized spacial score (nSPS) is 33.6. The molecule has 115 heavy (non-hydrogen) atoms. The highest BCUT2D eigenvalue weighted by Gasteiger charge is 2.32. The Hall–Kier alpha value is -2.02. The third-order valence-corrected chi connectivity index (χ3v) is 25.3. The molecule has 23 atom stereocenters. The smallest absolute Gasteiger partial charge is 0.320 e. The molecule has 12 fully saturated rings. The summed E-state index contributed by atoms with van der Waals surface area (Å²) < 4.78 is 42.4. The molecule has 1 heterocycles. The number of hydrogen-bond donors (Lipinski definition) is 18. The Morgan fingerprint density at radius 2 is 0.687 bits per heavy atom. The van der Waals surface area contributed by atoms with E-state index in [0.29, 0.717) is 109 Å². The summed E-state index contributed by atoms with van der Waals surface area (Å²) in [6.45, 7) is 7.65. The van der Waals surface area contributed by atoms with Gasteiger partial charge in [-0.1, -0.05) is 25.7 Å². The van der Waals surface area contributed by atoms with Crippen LogP contribution < -0.4 is 81.0 Å². The van der Waals surface area contributed by atoms with E-state index in [1.807, 2.05) is 91.7 Å². The highest BCUT2D eigenvalue weighted by Crippen LogP contribution is 2.27. The second-order valence-electron chi connectivity index (χ2n) is 33.1. The zero-order chi connectivity index (χ0) is 85.4. The molecule has 11 saturated carbocycles. The number of ether oxygens (including phenoxy) is 8. The van der Waals surface area contributed by atoms with Gasteiger partial charge in [-0.3, -0.25) is 9.59 Å². The molecule has 28 nitrogen and oxygen atoms in total. The van der Waals surface area contributed by atoms with Crippen LogP contribution in [-0.4, -0.2) is 312 Å². The molecule has 686 valence electrons. The molecule has 0 radical (unpaired) electrons. The topological polar surface area (TPSA) is 391 Å². The third-order valence-electron chi connectivity index (χ3n) is 25.3. The van der Waals surface area contributed by atoms with E-state index in [-0.39, 0.29) is 55.5 Å². The summed E-state index contributed by atoms with van der Waals surface area (Å²) in [6.07, 6.45) is 48.4. The molecule has 0 bridgehead atoms. The van der Waals surface area contributed by atoms with Crippen LogP contribution in [-0.2, 0) is 47.5 Å². The Kier molecular flexibility index (Phi) is 69.9. The van der Waals surface area contributed by atoms with Gasteiger partial charge in [0.05, 0.1) is 68.5 Å². The third kappa shape index (κ3) is 51.0. The molecular formula is C87H185N15O13. The van der Waals surface area contributed by atoms with Crippen LogP contribution in [0.5, 0.6) is 0 Å². The molecule has 28 heteroatoms. The van der Waals surface area contributed by atoms with Crippen molar-refractivity contribution >= 4 is 11.9 Å². The second-order valence-corrected chi connectivity index (χ2v) is 33.1. The maximum atomic E-state index is 11.0. The predicted molar refractivity (Wildman–Crippen MR) is 472 cm³/mol. The van der Waals surface area contributed by atoms with Crippen molar-refractivity contribution in [2.75, 3.05) is 145 Å². The number of nitrogens with two attached hydrogens (primary N) is 3. The van der Waals surface area contributed by atoms with E-state index in [1.54, 1.807) is 14.2 Å². The summed E-state index contributed by atoms with van der Waals surface area (Å²) in [5.74, 6) is -0.602. The van der Waals surface area contributed by atoms with E-state index in [2.05, 4.69) is 77.6 Å². The van der Waals surface area contributed by atoms with E-state index < -0.39 is 0 Å².